The SMILES string of the molecule is CC(C)SCC(NN)c1c(F)cccc1F. The van der Waals surface area contributed by atoms with Gasteiger partial charge in [-0.2, -0.15) is 11.8 Å². The fourth-order valence-electron chi connectivity index (χ4n) is 1.35. The van der Waals surface area contributed by atoms with Gasteiger partial charge in [0, 0.05) is 11.3 Å². The van der Waals surface area contributed by atoms with Crippen LogP contribution >= 0.6 is 11.8 Å². The molecule has 0 aliphatic carbocycles. The van der Waals surface area contributed by atoms with Crippen molar-refractivity contribution in [2.24, 2.45) is 5.84 Å². The number of nitrogens with one attached hydrogen (secondary N) is 1. The molecule has 0 radical (unpaired) electrons. The van der Waals surface area contributed by atoms with E-state index in [0.717, 1.165) is 0 Å². The van der Waals surface area contributed by atoms with Crippen LogP contribution < -0.4 is 11.3 Å². The van der Waals surface area contributed by atoms with E-state index in [1.54, 1.807) is 11.8 Å². The van der Waals surface area contributed by atoms with Crippen molar-refractivity contribution in [1.82, 2.24) is 5.43 Å². The first-order valence-electron chi connectivity index (χ1n) is 5.08. The lowest BCUT2D eigenvalue weighted by Crippen LogP contribution is -2.31. The standard InChI is InChI=1S/C11H16F2N2S/c1-7(2)16-6-10(15-14)11-8(12)4-3-5-9(11)13/h3-5,7,10,15H,6,14H2,1-2H3. The number of hydrogen-bond donors (Lipinski definition) is 2. The molecule has 2 nitrogen and oxygen atoms in total. The summed E-state index contributed by atoms with van der Waals surface area (Å²) in [5, 5.41) is 0.394. The highest BCUT2D eigenvalue weighted by Crippen LogP contribution is 2.24. The summed E-state index contributed by atoms with van der Waals surface area (Å²) in [7, 11) is 0. The molecule has 0 saturated carbocycles. The van der Waals surface area contributed by atoms with Crippen LogP contribution in [0.1, 0.15) is 25.5 Å². The Labute approximate surface area is 98.6 Å². The Bertz CT molecular complexity index is 325. The van der Waals surface area contributed by atoms with Gasteiger partial charge in [-0.05, 0) is 17.4 Å². The Kier molecular flexibility index (Phi) is 5.18. The number of thioether (sulfide) groups is 1. The minimum absolute atomic E-state index is 0.0122. The maximum absolute atomic E-state index is 13.5. The first-order valence-corrected chi connectivity index (χ1v) is 6.12. The number of rotatable bonds is 5. The molecule has 0 saturated heterocycles. The van der Waals surface area contributed by atoms with Gasteiger partial charge in [0.25, 0.3) is 0 Å². The summed E-state index contributed by atoms with van der Waals surface area (Å²) < 4.78 is 26.9. The molecular formula is C11H16F2N2S. The fourth-order valence-corrected chi connectivity index (χ4v) is 2.19. The van der Waals surface area contributed by atoms with Gasteiger partial charge < -0.3 is 0 Å². The zero-order valence-electron chi connectivity index (χ0n) is 9.34. The normalized spacial score (nSPS) is 13.1. The van der Waals surface area contributed by atoms with E-state index in [1.807, 2.05) is 13.8 Å². The molecule has 0 amide bonds. The molecule has 90 valence electrons. The van der Waals surface area contributed by atoms with Crippen LogP contribution in [-0.4, -0.2) is 11.0 Å². The average Bonchev–Trinajstić information content (AvgIpc) is 2.22. The second-order valence-electron chi connectivity index (χ2n) is 3.74. The Balaban J connectivity index is 2.86. The third-order valence-electron chi connectivity index (χ3n) is 2.15. The Morgan fingerprint density at radius 3 is 2.31 bits per heavy atom. The summed E-state index contributed by atoms with van der Waals surface area (Å²) in [5.41, 5.74) is 2.47. The molecule has 0 aliphatic rings. The van der Waals surface area contributed by atoms with Crippen molar-refractivity contribution in [1.29, 1.82) is 0 Å². The maximum Gasteiger partial charge on any atom is 0.130 e. The third kappa shape index (κ3) is 3.43. The number of halogens is 2. The van der Waals surface area contributed by atoms with Crippen LogP contribution in [0.2, 0.25) is 0 Å². The molecule has 0 bridgehead atoms. The summed E-state index contributed by atoms with van der Waals surface area (Å²) in [4.78, 5) is 0. The molecule has 0 fully saturated rings. The first-order chi connectivity index (χ1) is 7.56. The molecule has 5 heteroatoms. The van der Waals surface area contributed by atoms with Gasteiger partial charge in [0.05, 0.1) is 6.04 Å². The van der Waals surface area contributed by atoms with Crippen LogP contribution in [0.5, 0.6) is 0 Å². The molecule has 1 aromatic carbocycles. The molecule has 0 spiro atoms. The number of hydrogen-bond acceptors (Lipinski definition) is 3. The van der Waals surface area contributed by atoms with E-state index in [0.29, 0.717) is 11.0 Å². The van der Waals surface area contributed by atoms with Crippen LogP contribution in [0.25, 0.3) is 0 Å². The van der Waals surface area contributed by atoms with Crippen molar-refractivity contribution in [3.8, 4) is 0 Å². The smallest absolute Gasteiger partial charge is 0.130 e. The molecular weight excluding hydrogens is 230 g/mol. The van der Waals surface area contributed by atoms with Crippen molar-refractivity contribution in [2.45, 2.75) is 25.1 Å². The minimum atomic E-state index is -0.563. The van der Waals surface area contributed by atoms with E-state index in [1.165, 1.54) is 18.2 Å². The van der Waals surface area contributed by atoms with E-state index in [2.05, 4.69) is 5.43 Å². The summed E-state index contributed by atoms with van der Waals surface area (Å²) >= 11 is 1.60. The Hall–Kier alpha value is -0.650. The first kappa shape index (κ1) is 13.4. The van der Waals surface area contributed by atoms with E-state index in [-0.39, 0.29) is 5.56 Å². The maximum atomic E-state index is 13.5. The third-order valence-corrected chi connectivity index (χ3v) is 3.34. The highest BCUT2D eigenvalue weighted by atomic mass is 32.2. The summed E-state index contributed by atoms with van der Waals surface area (Å²) in [6, 6.07) is 3.32. The fraction of sp³-hybridized carbons (Fsp3) is 0.455. The second-order valence-corrected chi connectivity index (χ2v) is 5.35. The van der Waals surface area contributed by atoms with Gasteiger partial charge in [-0.25, -0.2) is 8.78 Å². The second kappa shape index (κ2) is 6.18. The summed E-state index contributed by atoms with van der Waals surface area (Å²) in [5.74, 6) is 4.74. The van der Waals surface area contributed by atoms with Gasteiger partial charge >= 0.3 is 0 Å². The van der Waals surface area contributed by atoms with Crippen LogP contribution in [0, 0.1) is 11.6 Å². The van der Waals surface area contributed by atoms with Gasteiger partial charge in [-0.1, -0.05) is 19.9 Å². The van der Waals surface area contributed by atoms with E-state index < -0.39 is 17.7 Å². The molecule has 16 heavy (non-hydrogen) atoms. The predicted octanol–water partition coefficient (Wildman–Crippen LogP) is 2.61. The molecule has 1 rings (SSSR count). The summed E-state index contributed by atoms with van der Waals surface area (Å²) in [6.45, 7) is 4.05. The van der Waals surface area contributed by atoms with Crippen LogP contribution in [0.3, 0.4) is 0 Å². The zero-order chi connectivity index (χ0) is 12.1. The highest BCUT2D eigenvalue weighted by molar-refractivity contribution is 7.99. The number of nitrogens with two attached hydrogens (primary N) is 1. The molecule has 1 unspecified atom stereocenters. The molecule has 1 atom stereocenters. The van der Waals surface area contributed by atoms with E-state index in [4.69, 9.17) is 5.84 Å². The van der Waals surface area contributed by atoms with Gasteiger partial charge in [0.1, 0.15) is 11.6 Å². The molecule has 0 aliphatic heterocycles. The van der Waals surface area contributed by atoms with Crippen molar-refractivity contribution in [2.75, 3.05) is 5.75 Å². The highest BCUT2D eigenvalue weighted by Gasteiger charge is 2.19. The zero-order valence-corrected chi connectivity index (χ0v) is 10.2. The lowest BCUT2D eigenvalue weighted by Gasteiger charge is -2.18. The number of hydrazine groups is 1. The van der Waals surface area contributed by atoms with Crippen molar-refractivity contribution >= 4 is 11.8 Å². The van der Waals surface area contributed by atoms with Crippen molar-refractivity contribution in [3.05, 3.63) is 35.4 Å². The summed E-state index contributed by atoms with van der Waals surface area (Å²) in [6.07, 6.45) is 0. The quantitative estimate of drug-likeness (QED) is 0.619. The molecule has 1 aromatic rings. The Morgan fingerprint density at radius 1 is 1.31 bits per heavy atom. The Morgan fingerprint density at radius 2 is 1.88 bits per heavy atom. The largest absolute Gasteiger partial charge is 0.271 e. The van der Waals surface area contributed by atoms with Crippen LogP contribution in [0.15, 0.2) is 18.2 Å². The molecule has 0 aromatic heterocycles. The van der Waals surface area contributed by atoms with Gasteiger partial charge in [-0.3, -0.25) is 11.3 Å². The molecule has 3 N–H and O–H groups in total. The van der Waals surface area contributed by atoms with Crippen molar-refractivity contribution < 1.29 is 8.78 Å². The number of benzene rings is 1. The van der Waals surface area contributed by atoms with E-state index >= 15 is 0 Å². The van der Waals surface area contributed by atoms with Gasteiger partial charge in [0.2, 0.25) is 0 Å². The average molecular weight is 246 g/mol. The molecule has 0 heterocycles. The predicted molar refractivity (Wildman–Crippen MR) is 64.0 cm³/mol. The van der Waals surface area contributed by atoms with Crippen LogP contribution in [0.4, 0.5) is 8.78 Å². The van der Waals surface area contributed by atoms with Crippen molar-refractivity contribution in [3.63, 3.8) is 0 Å². The van der Waals surface area contributed by atoms with Gasteiger partial charge in [-0.15, -0.1) is 0 Å². The minimum Gasteiger partial charge on any atom is -0.271 e. The van der Waals surface area contributed by atoms with Gasteiger partial charge in [0.15, 0.2) is 0 Å². The van der Waals surface area contributed by atoms with Crippen LogP contribution in [-0.2, 0) is 0 Å². The van der Waals surface area contributed by atoms with E-state index in [9.17, 15) is 8.78 Å². The topological polar surface area (TPSA) is 38.0 Å². The lowest BCUT2D eigenvalue weighted by atomic mass is 10.1. The lowest BCUT2D eigenvalue weighted by molar-refractivity contribution is 0.499. The monoisotopic (exact) mass is 246 g/mol.